The average Bonchev–Trinajstić information content (AvgIpc) is 3.64. The van der Waals surface area contributed by atoms with Crippen LogP contribution < -0.4 is 0 Å². The maximum Gasteiger partial charge on any atom is 0.0701 e. The Hall–Kier alpha value is -5.99. The minimum absolute atomic E-state index is 0.962. The second kappa shape index (κ2) is 10.0. The number of para-hydroxylation sites is 1. The van der Waals surface area contributed by atoms with E-state index in [0.717, 1.165) is 17.7 Å². The zero-order valence-electron chi connectivity index (χ0n) is 26.0. The molecule has 0 saturated heterocycles. The number of hydrogen-bond donors (Lipinski definition) is 0. The lowest BCUT2D eigenvalue weighted by atomic mass is 9.84. The minimum atomic E-state index is 0.962. The van der Waals surface area contributed by atoms with Crippen molar-refractivity contribution in [2.24, 2.45) is 7.05 Å². The highest BCUT2D eigenvalue weighted by atomic mass is 14.9. The number of benzene rings is 7. The number of hydrogen-bond acceptors (Lipinski definition) is 1. The molecule has 0 radical (unpaired) electrons. The van der Waals surface area contributed by atoms with Crippen LogP contribution in [0, 0.1) is 0 Å². The van der Waals surface area contributed by atoms with Gasteiger partial charge < -0.3 is 4.57 Å². The van der Waals surface area contributed by atoms with Crippen LogP contribution in [0.25, 0.3) is 88.0 Å². The second-order valence-corrected chi connectivity index (χ2v) is 12.8. The lowest BCUT2D eigenvalue weighted by molar-refractivity contribution is 1.01. The number of rotatable bonds is 3. The SMILES string of the molecule is Cn1c2ccccc2c2cc(-c3c4ccccc4c(-c4ccc(-c5ccccn5)cc4)c4cc5c(cc34)-c3ccccc3C5)ccc21. The fraction of sp³-hybridized carbons (Fsp3) is 0.0444. The van der Waals surface area contributed by atoms with E-state index in [9.17, 15) is 0 Å². The molecule has 0 atom stereocenters. The predicted molar refractivity (Wildman–Crippen MR) is 198 cm³/mol. The molecule has 2 aromatic heterocycles. The van der Waals surface area contributed by atoms with E-state index < -0.39 is 0 Å². The van der Waals surface area contributed by atoms with Crippen molar-refractivity contribution in [1.29, 1.82) is 0 Å². The second-order valence-electron chi connectivity index (χ2n) is 12.8. The van der Waals surface area contributed by atoms with Gasteiger partial charge in [-0.05, 0) is 115 Å². The highest BCUT2D eigenvalue weighted by Crippen LogP contribution is 2.48. The van der Waals surface area contributed by atoms with Crippen molar-refractivity contribution in [3.05, 3.63) is 163 Å². The molecule has 1 aliphatic rings. The van der Waals surface area contributed by atoms with Crippen LogP contribution in [-0.4, -0.2) is 9.55 Å². The number of aryl methyl sites for hydroxylation is 1. The summed E-state index contributed by atoms with van der Waals surface area (Å²) in [4.78, 5) is 4.60. The third-order valence-electron chi connectivity index (χ3n) is 10.3. The Bertz CT molecular complexity index is 2700. The van der Waals surface area contributed by atoms with Crippen LogP contribution in [0.2, 0.25) is 0 Å². The van der Waals surface area contributed by atoms with Crippen LogP contribution >= 0.6 is 0 Å². The molecule has 2 nitrogen and oxygen atoms in total. The Kier molecular flexibility index (Phi) is 5.59. The molecule has 0 spiro atoms. The van der Waals surface area contributed by atoms with E-state index in [1.807, 2.05) is 18.3 Å². The maximum absolute atomic E-state index is 4.60. The van der Waals surface area contributed by atoms with Gasteiger partial charge in [-0.3, -0.25) is 4.98 Å². The summed E-state index contributed by atoms with van der Waals surface area (Å²) >= 11 is 0. The smallest absolute Gasteiger partial charge is 0.0701 e. The Morgan fingerprint density at radius 3 is 1.89 bits per heavy atom. The van der Waals surface area contributed by atoms with Crippen LogP contribution in [0.3, 0.4) is 0 Å². The molecule has 1 aliphatic carbocycles. The van der Waals surface area contributed by atoms with E-state index in [1.54, 1.807) is 0 Å². The van der Waals surface area contributed by atoms with Gasteiger partial charge in [0, 0.05) is 40.6 Å². The van der Waals surface area contributed by atoms with Gasteiger partial charge in [0.25, 0.3) is 0 Å². The minimum Gasteiger partial charge on any atom is -0.344 e. The van der Waals surface area contributed by atoms with Crippen molar-refractivity contribution in [3.63, 3.8) is 0 Å². The molecular weight excluding hydrogens is 569 g/mol. The van der Waals surface area contributed by atoms with E-state index in [-0.39, 0.29) is 0 Å². The third-order valence-corrected chi connectivity index (χ3v) is 10.3. The number of pyridine rings is 1. The van der Waals surface area contributed by atoms with Crippen LogP contribution in [0.5, 0.6) is 0 Å². The molecule has 0 fully saturated rings. The van der Waals surface area contributed by atoms with Gasteiger partial charge in [-0.1, -0.05) is 103 Å². The van der Waals surface area contributed by atoms with Gasteiger partial charge in [0.15, 0.2) is 0 Å². The third kappa shape index (κ3) is 3.88. The van der Waals surface area contributed by atoms with Gasteiger partial charge >= 0.3 is 0 Å². The highest BCUT2D eigenvalue weighted by Gasteiger charge is 2.24. The normalized spacial score (nSPS) is 12.3. The first kappa shape index (κ1) is 26.2. The fourth-order valence-corrected chi connectivity index (χ4v) is 8.09. The first-order valence-electron chi connectivity index (χ1n) is 16.3. The van der Waals surface area contributed by atoms with Gasteiger partial charge in [0.05, 0.1) is 5.69 Å². The van der Waals surface area contributed by atoms with E-state index in [1.165, 1.54) is 87.9 Å². The molecule has 220 valence electrons. The maximum atomic E-state index is 4.60. The van der Waals surface area contributed by atoms with E-state index in [4.69, 9.17) is 0 Å². The number of aromatic nitrogens is 2. The van der Waals surface area contributed by atoms with Crippen LogP contribution in [0.15, 0.2) is 152 Å². The fourth-order valence-electron chi connectivity index (χ4n) is 8.09. The molecule has 0 saturated carbocycles. The molecule has 2 heteroatoms. The van der Waals surface area contributed by atoms with Gasteiger partial charge in [-0.15, -0.1) is 0 Å². The standard InChI is InChI=1S/C45H30N2/c1-47-42-16-7-6-12-34(42)38-25-31(21-22-43(38)47)45-36-14-5-4-13-35(36)44(29-19-17-28(18-20-29)41-15-8-9-23-46-41)39-26-32-24-30-10-2-3-11-33(30)37(32)27-40(39)45/h2-23,25-27H,24H2,1H3. The predicted octanol–water partition coefficient (Wildman–Crippen LogP) is 11.6. The molecule has 2 heterocycles. The first-order valence-corrected chi connectivity index (χ1v) is 16.3. The molecule has 0 bridgehead atoms. The Morgan fingerprint density at radius 2 is 1.09 bits per heavy atom. The van der Waals surface area contributed by atoms with Crippen LogP contribution in [0.1, 0.15) is 11.1 Å². The monoisotopic (exact) mass is 598 g/mol. The largest absolute Gasteiger partial charge is 0.344 e. The van der Waals surface area contributed by atoms with Crippen LogP contribution in [0.4, 0.5) is 0 Å². The van der Waals surface area contributed by atoms with Gasteiger partial charge in [0.2, 0.25) is 0 Å². The summed E-state index contributed by atoms with van der Waals surface area (Å²) in [7, 11) is 2.17. The van der Waals surface area contributed by atoms with E-state index in [2.05, 4.69) is 150 Å². The Morgan fingerprint density at radius 1 is 0.447 bits per heavy atom. The number of fused-ring (bicyclic) bond motifs is 8. The van der Waals surface area contributed by atoms with Crippen molar-refractivity contribution in [2.45, 2.75) is 6.42 Å². The summed E-state index contributed by atoms with van der Waals surface area (Å²) < 4.78 is 2.31. The summed E-state index contributed by atoms with van der Waals surface area (Å²) in [6, 6.07) is 53.7. The van der Waals surface area contributed by atoms with Crippen LogP contribution in [-0.2, 0) is 13.5 Å². The highest BCUT2D eigenvalue weighted by molar-refractivity contribution is 6.23. The molecule has 0 N–H and O–H groups in total. The number of nitrogens with zero attached hydrogens (tertiary/aromatic N) is 2. The van der Waals surface area contributed by atoms with Crippen molar-refractivity contribution >= 4 is 43.4 Å². The Labute approximate surface area is 273 Å². The molecule has 47 heavy (non-hydrogen) atoms. The summed E-state index contributed by atoms with van der Waals surface area (Å²) in [6.07, 6.45) is 2.82. The van der Waals surface area contributed by atoms with Gasteiger partial charge in [0.1, 0.15) is 0 Å². The molecule has 9 aromatic rings. The molecule has 0 amide bonds. The van der Waals surface area contributed by atoms with Crippen molar-refractivity contribution in [2.75, 3.05) is 0 Å². The van der Waals surface area contributed by atoms with Crippen molar-refractivity contribution in [3.8, 4) is 44.6 Å². The van der Waals surface area contributed by atoms with E-state index in [0.29, 0.717) is 0 Å². The molecule has 0 unspecified atom stereocenters. The molecule has 0 aliphatic heterocycles. The summed E-state index contributed by atoms with van der Waals surface area (Å²) in [5, 5.41) is 7.72. The van der Waals surface area contributed by atoms with E-state index >= 15 is 0 Å². The zero-order valence-corrected chi connectivity index (χ0v) is 26.0. The van der Waals surface area contributed by atoms with Gasteiger partial charge in [-0.25, -0.2) is 0 Å². The molecule has 7 aromatic carbocycles. The summed E-state index contributed by atoms with van der Waals surface area (Å²) in [5.41, 5.74) is 15.2. The lowest BCUT2D eigenvalue weighted by Gasteiger charge is -2.19. The Balaban J connectivity index is 1.30. The first-order chi connectivity index (χ1) is 23.2. The van der Waals surface area contributed by atoms with Gasteiger partial charge in [-0.2, -0.15) is 0 Å². The zero-order chi connectivity index (χ0) is 31.1. The van der Waals surface area contributed by atoms with Crippen molar-refractivity contribution in [1.82, 2.24) is 9.55 Å². The average molecular weight is 599 g/mol. The lowest BCUT2D eigenvalue weighted by Crippen LogP contribution is -1.93. The molecule has 10 rings (SSSR count). The topological polar surface area (TPSA) is 17.8 Å². The quantitative estimate of drug-likeness (QED) is 0.185. The van der Waals surface area contributed by atoms with Crippen molar-refractivity contribution < 1.29 is 0 Å². The molecular formula is C45H30N2. The summed E-state index contributed by atoms with van der Waals surface area (Å²) in [5.74, 6) is 0. The summed E-state index contributed by atoms with van der Waals surface area (Å²) in [6.45, 7) is 0.